The lowest BCUT2D eigenvalue weighted by atomic mass is 10.1. The zero-order valence-corrected chi connectivity index (χ0v) is 8.41. The van der Waals surface area contributed by atoms with Gasteiger partial charge in [0.15, 0.2) is 0 Å². The van der Waals surface area contributed by atoms with Crippen LogP contribution in [0.2, 0.25) is 0 Å². The third-order valence-corrected chi connectivity index (χ3v) is 2.70. The summed E-state index contributed by atoms with van der Waals surface area (Å²) in [6.45, 7) is 0. The second kappa shape index (κ2) is 3.33. The molecule has 16 heavy (non-hydrogen) atoms. The van der Waals surface area contributed by atoms with Gasteiger partial charge in [-0.2, -0.15) is 0 Å². The molecule has 0 saturated carbocycles. The van der Waals surface area contributed by atoms with Crippen LogP contribution in [-0.4, -0.2) is 26.8 Å². The molecule has 78 valence electrons. The minimum Gasteiger partial charge on any atom is -0.407 e. The van der Waals surface area contributed by atoms with Gasteiger partial charge in [0.2, 0.25) is 0 Å². The van der Waals surface area contributed by atoms with Crippen molar-refractivity contribution >= 4 is 29.2 Å². The van der Waals surface area contributed by atoms with E-state index in [4.69, 9.17) is 0 Å². The first-order valence-corrected chi connectivity index (χ1v) is 4.99. The van der Waals surface area contributed by atoms with Gasteiger partial charge < -0.3 is 14.5 Å². The van der Waals surface area contributed by atoms with Crippen molar-refractivity contribution in [2.24, 2.45) is 0 Å². The lowest BCUT2D eigenvalue weighted by Crippen LogP contribution is -2.23. The molecule has 0 fully saturated rings. The summed E-state index contributed by atoms with van der Waals surface area (Å²) in [7, 11) is -1.57. The first-order chi connectivity index (χ1) is 7.79. The highest BCUT2D eigenvalue weighted by atomic mass is 16.4. The molecule has 0 atom stereocenters. The van der Waals surface area contributed by atoms with Gasteiger partial charge in [0, 0.05) is 22.5 Å². The van der Waals surface area contributed by atoms with Crippen LogP contribution in [0.1, 0.15) is 0 Å². The van der Waals surface area contributed by atoms with Crippen molar-refractivity contribution in [1.29, 1.82) is 0 Å². The number of hydrogen-bond acceptors (Lipinski definition) is 3. The number of hydrogen-bond donors (Lipinski definition) is 2. The topological polar surface area (TPSA) is 58.3 Å². The van der Waals surface area contributed by atoms with Gasteiger partial charge in [-0.05, 0) is 18.2 Å². The van der Waals surface area contributed by atoms with Crippen molar-refractivity contribution in [3.63, 3.8) is 0 Å². The molecule has 0 bridgehead atoms. The molecule has 0 aliphatic carbocycles. The number of rotatable bonds is 1. The van der Waals surface area contributed by atoms with Crippen LogP contribution in [0, 0.1) is 0 Å². The van der Waals surface area contributed by atoms with Gasteiger partial charge in [0.05, 0.1) is 0 Å². The van der Waals surface area contributed by atoms with Gasteiger partial charge in [0.1, 0.15) is 5.65 Å². The fourth-order valence-electron chi connectivity index (χ4n) is 2.06. The summed E-state index contributed by atoms with van der Waals surface area (Å²) >= 11 is 0. The molecular formula is C11H9BN2O2. The quantitative estimate of drug-likeness (QED) is 0.591. The number of nitrogens with zero attached hydrogens (tertiary/aromatic N) is 2. The van der Waals surface area contributed by atoms with Crippen molar-refractivity contribution in [2.45, 2.75) is 0 Å². The van der Waals surface area contributed by atoms with Crippen molar-refractivity contribution in [2.75, 3.05) is 0 Å². The molecule has 0 aliphatic rings. The summed E-state index contributed by atoms with van der Waals surface area (Å²) in [5, 5.41) is 20.7. The van der Waals surface area contributed by atoms with Gasteiger partial charge >= 0.3 is 7.25 Å². The number of benzene rings is 1. The standard InChI is InChI=1S/C11H9BN2O2/c15-12(16)14-10-6-2-1-4-8(10)9-5-3-7-13-11(9)14/h1-7,15-16H. The summed E-state index contributed by atoms with van der Waals surface area (Å²) in [5.41, 5.74) is 1.35. The molecule has 3 aromatic rings. The van der Waals surface area contributed by atoms with E-state index >= 15 is 0 Å². The van der Waals surface area contributed by atoms with Crippen LogP contribution < -0.4 is 0 Å². The van der Waals surface area contributed by atoms with Crippen molar-refractivity contribution in [3.8, 4) is 0 Å². The Morgan fingerprint density at radius 3 is 2.56 bits per heavy atom. The number of fused-ring (bicyclic) bond motifs is 3. The summed E-state index contributed by atoms with van der Waals surface area (Å²) in [6.07, 6.45) is 1.64. The average Bonchev–Trinajstić information content (AvgIpc) is 2.63. The molecule has 0 amide bonds. The maximum absolute atomic E-state index is 9.39. The Bertz CT molecular complexity index is 610. The van der Waals surface area contributed by atoms with E-state index < -0.39 is 7.25 Å². The van der Waals surface area contributed by atoms with Gasteiger partial charge in [-0.3, -0.25) is 0 Å². The van der Waals surface area contributed by atoms with Crippen molar-refractivity contribution in [3.05, 3.63) is 42.6 Å². The minimum absolute atomic E-state index is 0.582. The molecule has 5 heteroatoms. The molecule has 0 saturated heterocycles. The van der Waals surface area contributed by atoms with Crippen LogP contribution in [0.5, 0.6) is 0 Å². The van der Waals surface area contributed by atoms with Crippen LogP contribution in [-0.2, 0) is 0 Å². The summed E-state index contributed by atoms with van der Waals surface area (Å²) in [6, 6.07) is 11.3. The van der Waals surface area contributed by atoms with Gasteiger partial charge in [-0.1, -0.05) is 18.2 Å². The van der Waals surface area contributed by atoms with Crippen LogP contribution in [0.15, 0.2) is 42.6 Å². The first kappa shape index (κ1) is 9.39. The maximum atomic E-state index is 9.39. The van der Waals surface area contributed by atoms with Crippen molar-refractivity contribution < 1.29 is 10.0 Å². The molecule has 0 unspecified atom stereocenters. The van der Waals surface area contributed by atoms with E-state index in [9.17, 15) is 10.0 Å². The average molecular weight is 212 g/mol. The fourth-order valence-corrected chi connectivity index (χ4v) is 2.06. The molecule has 1 aromatic carbocycles. The Labute approximate surface area is 91.9 Å². The Balaban J connectivity index is 2.59. The summed E-state index contributed by atoms with van der Waals surface area (Å²) in [4.78, 5) is 4.18. The van der Waals surface area contributed by atoms with Crippen LogP contribution >= 0.6 is 0 Å². The third kappa shape index (κ3) is 1.16. The van der Waals surface area contributed by atoms with E-state index in [0.717, 1.165) is 16.3 Å². The largest absolute Gasteiger partial charge is 0.593 e. The number of pyridine rings is 1. The maximum Gasteiger partial charge on any atom is 0.593 e. The Morgan fingerprint density at radius 2 is 1.75 bits per heavy atom. The second-order valence-electron chi connectivity index (χ2n) is 3.61. The smallest absolute Gasteiger partial charge is 0.407 e. The predicted octanol–water partition coefficient (Wildman–Crippen LogP) is 1.01. The highest BCUT2D eigenvalue weighted by Gasteiger charge is 2.19. The molecule has 2 N–H and O–H groups in total. The fraction of sp³-hybridized carbons (Fsp3) is 0. The molecule has 0 radical (unpaired) electrons. The Hall–Kier alpha value is -1.85. The van der Waals surface area contributed by atoms with Gasteiger partial charge in [-0.25, -0.2) is 4.98 Å². The Morgan fingerprint density at radius 1 is 1.00 bits per heavy atom. The third-order valence-electron chi connectivity index (χ3n) is 2.70. The minimum atomic E-state index is -1.57. The highest BCUT2D eigenvalue weighted by Crippen LogP contribution is 2.26. The second-order valence-corrected chi connectivity index (χ2v) is 3.61. The highest BCUT2D eigenvalue weighted by molar-refractivity contribution is 6.43. The molecule has 3 rings (SSSR count). The van der Waals surface area contributed by atoms with E-state index in [1.807, 2.05) is 36.4 Å². The van der Waals surface area contributed by atoms with Gasteiger partial charge in [0.25, 0.3) is 0 Å². The summed E-state index contributed by atoms with van der Waals surface area (Å²) < 4.78 is 1.41. The molecule has 0 aliphatic heterocycles. The van der Waals surface area contributed by atoms with E-state index in [1.54, 1.807) is 6.20 Å². The van der Waals surface area contributed by atoms with E-state index in [-0.39, 0.29) is 0 Å². The van der Waals surface area contributed by atoms with Gasteiger partial charge in [-0.15, -0.1) is 0 Å². The first-order valence-electron chi connectivity index (χ1n) is 4.99. The number of aromatic nitrogens is 2. The molecular weight excluding hydrogens is 203 g/mol. The van der Waals surface area contributed by atoms with Crippen LogP contribution in [0.25, 0.3) is 21.9 Å². The molecule has 2 aromatic heterocycles. The molecule has 4 nitrogen and oxygen atoms in total. The van der Waals surface area contributed by atoms with E-state index in [1.165, 1.54) is 4.48 Å². The lowest BCUT2D eigenvalue weighted by Gasteiger charge is -2.02. The summed E-state index contributed by atoms with van der Waals surface area (Å²) in [5.74, 6) is 0. The Kier molecular flexibility index (Phi) is 1.95. The van der Waals surface area contributed by atoms with Crippen molar-refractivity contribution in [1.82, 2.24) is 9.46 Å². The zero-order valence-electron chi connectivity index (χ0n) is 8.41. The lowest BCUT2D eigenvalue weighted by molar-refractivity contribution is 0.396. The normalized spacial score (nSPS) is 11.1. The SMILES string of the molecule is OB(O)n1c2ccccc2c2cccnc21. The zero-order chi connectivity index (χ0) is 11.1. The monoisotopic (exact) mass is 212 g/mol. The van der Waals surface area contributed by atoms with E-state index in [2.05, 4.69) is 4.98 Å². The molecule has 0 spiro atoms. The number of para-hydroxylation sites is 1. The van der Waals surface area contributed by atoms with E-state index in [0.29, 0.717) is 5.65 Å². The molecule has 2 heterocycles. The predicted molar refractivity (Wildman–Crippen MR) is 62.8 cm³/mol. The van der Waals surface area contributed by atoms with Crippen LogP contribution in [0.3, 0.4) is 0 Å². The van der Waals surface area contributed by atoms with Crippen LogP contribution in [0.4, 0.5) is 0 Å².